The van der Waals surface area contributed by atoms with Gasteiger partial charge in [0.1, 0.15) is 5.75 Å². The zero-order valence-electron chi connectivity index (χ0n) is 23.3. The number of benzene rings is 1. The lowest BCUT2D eigenvalue weighted by atomic mass is 10.2. The number of rotatable bonds is 10. The molecule has 9 nitrogen and oxygen atoms in total. The first-order valence-electron chi connectivity index (χ1n) is 12.8. The predicted molar refractivity (Wildman–Crippen MR) is 151 cm³/mol. The van der Waals surface area contributed by atoms with Gasteiger partial charge in [0, 0.05) is 39.0 Å². The van der Waals surface area contributed by atoms with E-state index >= 15 is 0 Å². The molecule has 37 heavy (non-hydrogen) atoms. The van der Waals surface area contributed by atoms with Crippen LogP contribution in [0.2, 0.25) is 18.1 Å². The summed E-state index contributed by atoms with van der Waals surface area (Å²) in [6.07, 6.45) is 4.56. The van der Waals surface area contributed by atoms with Crippen molar-refractivity contribution in [2.24, 2.45) is 0 Å². The molecular formula is C26H42N4O5SSi. The standard InChI is InChI=1S/C26H42N4O5SSi/c1-26(2,3)37(6,7)35-18-8-9-22-20-29(19-21-10-12-23(34-4)13-11-21)25(31)24(27-22)28-14-16-30(17-15-28)36(5,32)33/h10-13,20H,8-9,14-19H2,1-7H3. The van der Waals surface area contributed by atoms with E-state index in [-0.39, 0.29) is 10.6 Å². The molecule has 0 bridgehead atoms. The minimum atomic E-state index is -3.26. The van der Waals surface area contributed by atoms with Crippen molar-refractivity contribution in [3.05, 3.63) is 52.1 Å². The maximum Gasteiger partial charge on any atom is 0.293 e. The average molecular weight is 551 g/mol. The molecule has 1 aromatic heterocycles. The second-order valence-electron chi connectivity index (χ2n) is 11.2. The predicted octanol–water partition coefficient (Wildman–Crippen LogP) is 3.34. The zero-order valence-corrected chi connectivity index (χ0v) is 25.1. The maximum absolute atomic E-state index is 13.5. The van der Waals surface area contributed by atoms with Gasteiger partial charge >= 0.3 is 0 Å². The lowest BCUT2D eigenvalue weighted by molar-refractivity contribution is 0.282. The lowest BCUT2D eigenvalue weighted by Crippen LogP contribution is -2.50. The number of hydrogen-bond donors (Lipinski definition) is 0. The van der Waals surface area contributed by atoms with Crippen molar-refractivity contribution in [3.63, 3.8) is 0 Å². The van der Waals surface area contributed by atoms with Crippen molar-refractivity contribution in [1.29, 1.82) is 0 Å². The third-order valence-electron chi connectivity index (χ3n) is 7.37. The summed E-state index contributed by atoms with van der Waals surface area (Å²) >= 11 is 0. The molecule has 0 unspecified atom stereocenters. The van der Waals surface area contributed by atoms with Crippen LogP contribution in [0.25, 0.3) is 0 Å². The van der Waals surface area contributed by atoms with E-state index in [1.165, 1.54) is 10.6 Å². The van der Waals surface area contributed by atoms with Gasteiger partial charge < -0.3 is 18.6 Å². The highest BCUT2D eigenvalue weighted by Gasteiger charge is 2.36. The molecule has 0 saturated carbocycles. The van der Waals surface area contributed by atoms with Crippen molar-refractivity contribution >= 4 is 24.2 Å². The van der Waals surface area contributed by atoms with Gasteiger partial charge in [-0.25, -0.2) is 13.4 Å². The summed E-state index contributed by atoms with van der Waals surface area (Å²) in [5.41, 5.74) is 1.63. The van der Waals surface area contributed by atoms with Crippen molar-refractivity contribution in [3.8, 4) is 5.75 Å². The first-order valence-corrected chi connectivity index (χ1v) is 17.5. The van der Waals surface area contributed by atoms with Crippen molar-refractivity contribution in [1.82, 2.24) is 13.9 Å². The molecule has 206 valence electrons. The van der Waals surface area contributed by atoms with E-state index < -0.39 is 18.3 Å². The Hall–Kier alpha value is -2.21. The molecule has 1 aromatic carbocycles. The molecule has 0 atom stereocenters. The van der Waals surface area contributed by atoms with E-state index in [1.807, 2.05) is 35.4 Å². The van der Waals surface area contributed by atoms with Gasteiger partial charge in [0.2, 0.25) is 10.0 Å². The Morgan fingerprint density at radius 1 is 1.05 bits per heavy atom. The first-order chi connectivity index (χ1) is 17.2. The maximum atomic E-state index is 13.5. The first kappa shape index (κ1) is 29.3. The highest BCUT2D eigenvalue weighted by molar-refractivity contribution is 7.88. The van der Waals surface area contributed by atoms with Crippen LogP contribution in [0.4, 0.5) is 5.82 Å². The van der Waals surface area contributed by atoms with Crippen LogP contribution in [0.5, 0.6) is 5.75 Å². The fourth-order valence-electron chi connectivity index (χ4n) is 3.98. The summed E-state index contributed by atoms with van der Waals surface area (Å²) in [5, 5.41) is 0.151. The SMILES string of the molecule is COc1ccc(Cn2cc(CCCO[Si](C)(C)C(C)(C)C)nc(N3CCN(S(C)(=O)=O)CC3)c2=O)cc1. The molecule has 2 aromatic rings. The van der Waals surface area contributed by atoms with Gasteiger partial charge in [0.05, 0.1) is 25.6 Å². The average Bonchev–Trinajstić information content (AvgIpc) is 2.83. The molecule has 0 amide bonds. The smallest absolute Gasteiger partial charge is 0.293 e. The van der Waals surface area contributed by atoms with E-state index in [2.05, 4.69) is 33.9 Å². The molecule has 1 saturated heterocycles. The number of piperazine rings is 1. The van der Waals surface area contributed by atoms with Crippen LogP contribution in [-0.2, 0) is 27.4 Å². The summed E-state index contributed by atoms with van der Waals surface area (Å²) in [6.45, 7) is 13.8. The molecule has 2 heterocycles. The highest BCUT2D eigenvalue weighted by Crippen LogP contribution is 2.36. The molecule has 1 aliphatic heterocycles. The monoisotopic (exact) mass is 550 g/mol. The Labute approximate surface area is 222 Å². The summed E-state index contributed by atoms with van der Waals surface area (Å²) in [6, 6.07) is 7.66. The fourth-order valence-corrected chi connectivity index (χ4v) is 5.89. The molecule has 0 aliphatic carbocycles. The van der Waals surface area contributed by atoms with Crippen molar-refractivity contribution in [2.75, 3.05) is 51.1 Å². The minimum Gasteiger partial charge on any atom is -0.497 e. The molecule has 1 aliphatic rings. The quantitative estimate of drug-likeness (QED) is 0.331. The van der Waals surface area contributed by atoms with Gasteiger partial charge in [0.25, 0.3) is 5.56 Å². The number of aryl methyl sites for hydroxylation is 1. The van der Waals surface area contributed by atoms with Crippen molar-refractivity contribution in [2.45, 2.75) is 58.3 Å². The summed E-state index contributed by atoms with van der Waals surface area (Å²) in [4.78, 5) is 20.1. The zero-order chi connectivity index (χ0) is 27.4. The Morgan fingerprint density at radius 3 is 2.22 bits per heavy atom. The second-order valence-corrected chi connectivity index (χ2v) is 18.0. The Kier molecular flexibility index (Phi) is 9.26. The molecule has 0 radical (unpaired) electrons. The third-order valence-corrected chi connectivity index (χ3v) is 13.2. The van der Waals surface area contributed by atoms with E-state index in [0.29, 0.717) is 51.6 Å². The topological polar surface area (TPSA) is 94.0 Å². The van der Waals surface area contributed by atoms with E-state index in [9.17, 15) is 13.2 Å². The minimum absolute atomic E-state index is 0.151. The van der Waals surface area contributed by atoms with E-state index in [4.69, 9.17) is 14.1 Å². The van der Waals surface area contributed by atoms with Crippen LogP contribution in [-0.4, -0.2) is 76.7 Å². The van der Waals surface area contributed by atoms with Gasteiger partial charge in [0.15, 0.2) is 14.1 Å². The normalized spacial score (nSPS) is 15.7. The number of anilines is 1. The molecule has 1 fully saturated rings. The van der Waals surface area contributed by atoms with Crippen LogP contribution in [0.1, 0.15) is 38.4 Å². The van der Waals surface area contributed by atoms with Crippen LogP contribution in [0, 0.1) is 0 Å². The van der Waals surface area contributed by atoms with Crippen LogP contribution in [0.3, 0.4) is 0 Å². The molecular weight excluding hydrogens is 508 g/mol. The summed E-state index contributed by atoms with van der Waals surface area (Å²) in [7, 11) is -3.47. The number of hydrogen-bond acceptors (Lipinski definition) is 7. The number of ether oxygens (including phenoxy) is 1. The molecule has 0 N–H and O–H groups in total. The van der Waals surface area contributed by atoms with Gasteiger partial charge in [-0.3, -0.25) is 4.79 Å². The van der Waals surface area contributed by atoms with Gasteiger partial charge in [-0.05, 0) is 48.7 Å². The number of methoxy groups -OCH3 is 1. The molecule has 11 heteroatoms. The Morgan fingerprint density at radius 2 is 1.68 bits per heavy atom. The third kappa shape index (κ3) is 7.65. The Balaban J connectivity index is 1.82. The van der Waals surface area contributed by atoms with Crippen LogP contribution in [0.15, 0.2) is 35.3 Å². The van der Waals surface area contributed by atoms with Gasteiger partial charge in [-0.2, -0.15) is 4.31 Å². The second kappa shape index (κ2) is 11.7. The van der Waals surface area contributed by atoms with E-state index in [1.54, 1.807) is 11.7 Å². The van der Waals surface area contributed by atoms with E-state index in [0.717, 1.165) is 23.4 Å². The Bertz CT molecular complexity index is 1220. The van der Waals surface area contributed by atoms with Crippen LogP contribution < -0.4 is 15.2 Å². The summed E-state index contributed by atoms with van der Waals surface area (Å²) < 4.78 is 38.6. The molecule has 0 spiro atoms. The van der Waals surface area contributed by atoms with Crippen molar-refractivity contribution < 1.29 is 17.6 Å². The highest BCUT2D eigenvalue weighted by atomic mass is 32.2. The molecule has 3 rings (SSSR count). The lowest BCUT2D eigenvalue weighted by Gasteiger charge is -2.36. The number of aromatic nitrogens is 2. The largest absolute Gasteiger partial charge is 0.497 e. The number of sulfonamides is 1. The number of nitrogens with zero attached hydrogens (tertiary/aromatic N) is 4. The summed E-state index contributed by atoms with van der Waals surface area (Å²) in [5.74, 6) is 1.14. The van der Waals surface area contributed by atoms with Gasteiger partial charge in [-0.15, -0.1) is 0 Å². The van der Waals surface area contributed by atoms with Crippen LogP contribution >= 0.6 is 0 Å². The fraction of sp³-hybridized carbons (Fsp3) is 0.615. The van der Waals surface area contributed by atoms with Gasteiger partial charge in [-0.1, -0.05) is 32.9 Å².